The first-order chi connectivity index (χ1) is 20.6. The Kier molecular flexibility index (Phi) is 9.33. The fourth-order valence-corrected chi connectivity index (χ4v) is 12.3. The first kappa shape index (κ1) is 34.6. The molecule has 6 aromatic carbocycles. The van der Waals surface area contributed by atoms with Crippen LogP contribution in [0.2, 0.25) is 0 Å². The van der Waals surface area contributed by atoms with Gasteiger partial charge in [0.2, 0.25) is 0 Å². The molecule has 0 spiro atoms. The maximum Gasteiger partial charge on any atom is -1.00 e. The molecule has 3 heteroatoms. The van der Waals surface area contributed by atoms with Gasteiger partial charge in [-0.15, -0.1) is 0 Å². The quantitative estimate of drug-likeness (QED) is 0.201. The Morgan fingerprint density at radius 2 is 0.739 bits per heavy atom. The van der Waals surface area contributed by atoms with Crippen molar-refractivity contribution in [3.63, 3.8) is 0 Å². The van der Waals surface area contributed by atoms with E-state index in [2.05, 4.69) is 151 Å². The van der Waals surface area contributed by atoms with Crippen LogP contribution in [0.25, 0.3) is 43.8 Å². The molecular weight excluding hydrogens is 679 g/mol. The van der Waals surface area contributed by atoms with Crippen LogP contribution in [0, 0.1) is 0 Å². The first-order valence-electron chi connectivity index (χ1n) is 15.7. The van der Waals surface area contributed by atoms with Gasteiger partial charge in [0.15, 0.2) is 0 Å². The van der Waals surface area contributed by atoms with Crippen molar-refractivity contribution in [2.24, 2.45) is 0 Å². The van der Waals surface area contributed by atoms with Gasteiger partial charge in [-0.1, -0.05) is 7.43 Å². The molecule has 6 aromatic rings. The van der Waals surface area contributed by atoms with E-state index in [0.29, 0.717) is 7.25 Å². The number of hydrogen-bond acceptors (Lipinski definition) is 0. The van der Waals surface area contributed by atoms with Gasteiger partial charge in [0.05, 0.1) is 0 Å². The van der Waals surface area contributed by atoms with Crippen molar-refractivity contribution in [2.45, 2.75) is 67.1 Å². The molecule has 0 saturated carbocycles. The molecule has 0 N–H and O–H groups in total. The summed E-state index contributed by atoms with van der Waals surface area (Å²) in [6, 6.07) is 42.7. The summed E-state index contributed by atoms with van der Waals surface area (Å²) >= 11 is -1.12. The predicted octanol–water partition coefficient (Wildman–Crippen LogP) is 6.15. The summed E-state index contributed by atoms with van der Waals surface area (Å²) in [7, 11) is 0. The Hall–Kier alpha value is -2.70. The summed E-state index contributed by atoms with van der Waals surface area (Å²) in [5.74, 6) is 0. The van der Waals surface area contributed by atoms with Crippen LogP contribution in [0.3, 0.4) is 0 Å². The molecule has 0 atom stereocenters. The Morgan fingerprint density at radius 3 is 1.09 bits per heavy atom. The predicted molar refractivity (Wildman–Crippen MR) is 187 cm³/mol. The summed E-state index contributed by atoms with van der Waals surface area (Å²) in [5, 5.41) is 5.40. The molecular formula is C43H42Cl2Zr. The Morgan fingerprint density at radius 1 is 0.413 bits per heavy atom. The first-order valence-corrected chi connectivity index (χ1v) is 18.5. The van der Waals surface area contributed by atoms with E-state index >= 15 is 0 Å². The van der Waals surface area contributed by atoms with Crippen LogP contribution >= 0.6 is 0 Å². The van der Waals surface area contributed by atoms with Crippen molar-refractivity contribution in [1.82, 2.24) is 0 Å². The third-order valence-corrected chi connectivity index (χ3v) is 14.5. The second kappa shape index (κ2) is 12.4. The van der Waals surface area contributed by atoms with E-state index in [0.717, 1.165) is 0 Å². The van der Waals surface area contributed by atoms with Crippen LogP contribution in [0.5, 0.6) is 0 Å². The van der Waals surface area contributed by atoms with Crippen molar-refractivity contribution in [3.8, 4) is 22.3 Å². The summed E-state index contributed by atoms with van der Waals surface area (Å²) in [6.45, 7) is 14.1. The second-order valence-corrected chi connectivity index (χ2v) is 18.4. The molecule has 8 rings (SSSR count). The Balaban J connectivity index is 0.00000139. The van der Waals surface area contributed by atoms with Crippen LogP contribution in [0.4, 0.5) is 0 Å². The van der Waals surface area contributed by atoms with E-state index in [-0.39, 0.29) is 43.1 Å². The summed E-state index contributed by atoms with van der Waals surface area (Å²) in [5.41, 5.74) is 15.3. The fourth-order valence-electron chi connectivity index (χ4n) is 7.35. The van der Waals surface area contributed by atoms with Gasteiger partial charge >= 0.3 is 269 Å². The third-order valence-electron chi connectivity index (χ3n) is 9.83. The van der Waals surface area contributed by atoms with Crippen molar-refractivity contribution >= 4 is 21.5 Å². The van der Waals surface area contributed by atoms with Crippen LogP contribution in [0.15, 0.2) is 109 Å². The van der Waals surface area contributed by atoms with Crippen LogP contribution in [-0.2, 0) is 34.1 Å². The van der Waals surface area contributed by atoms with Gasteiger partial charge in [0.1, 0.15) is 0 Å². The number of rotatable bonds is 2. The SMILES string of the molecule is C.CC(C)(C)c1ccc2c(c1)[CH]([Zr+2][CH]1c3cc4ccccc4cc3-c3cc4ccccc4cc31)c1cc(C(C)(C)C)ccc1-2.[Cl-].[Cl-]. The molecule has 0 saturated heterocycles. The standard InChI is InChI=1S/C21H13.C21H25.CH4.2ClH.Zr/c1-3-7-16-12-20-18(9-14(16)5-1)11-19-10-15-6-2-4-8-17(15)13-21(19)20;1-20(2,3)16-7-9-18-14(12-16)11-15-13-17(21(4,5)6)8-10-19(15)18;;;;/h1-13H;7-13H,1-6H3;1H4;2*1H;/q;;;;;+2/p-2. The van der Waals surface area contributed by atoms with E-state index in [1.165, 1.54) is 54.9 Å². The number of hydrogen-bond donors (Lipinski definition) is 0. The largest absolute Gasteiger partial charge is 1.00 e. The molecule has 2 aliphatic carbocycles. The van der Waals surface area contributed by atoms with Crippen LogP contribution in [-0.4, -0.2) is 0 Å². The van der Waals surface area contributed by atoms with Crippen LogP contribution < -0.4 is 24.8 Å². The molecule has 0 aromatic heterocycles. The zero-order valence-electron chi connectivity index (χ0n) is 26.8. The summed E-state index contributed by atoms with van der Waals surface area (Å²) < 4.78 is 1.02. The van der Waals surface area contributed by atoms with Gasteiger partial charge in [0.25, 0.3) is 0 Å². The van der Waals surface area contributed by atoms with Gasteiger partial charge < -0.3 is 24.8 Å². The average molecular weight is 721 g/mol. The third kappa shape index (κ3) is 5.62. The summed E-state index contributed by atoms with van der Waals surface area (Å²) in [6.07, 6.45) is 0. The van der Waals surface area contributed by atoms with E-state index in [1.807, 2.05) is 0 Å². The normalized spacial score (nSPS) is 13.5. The van der Waals surface area contributed by atoms with Crippen molar-refractivity contribution in [2.75, 3.05) is 0 Å². The minimum atomic E-state index is -1.12. The zero-order chi connectivity index (χ0) is 29.7. The number of halogens is 2. The van der Waals surface area contributed by atoms with E-state index in [4.69, 9.17) is 0 Å². The van der Waals surface area contributed by atoms with Crippen molar-refractivity contribution < 1.29 is 48.0 Å². The Bertz CT molecular complexity index is 1950. The fraction of sp³-hybridized carbons (Fsp3) is 0.256. The van der Waals surface area contributed by atoms with Crippen molar-refractivity contribution in [3.05, 3.63) is 143 Å². The maximum atomic E-state index is 2.58. The van der Waals surface area contributed by atoms with Crippen molar-refractivity contribution in [1.29, 1.82) is 0 Å². The molecule has 0 heterocycles. The number of fused-ring (bicyclic) bond motifs is 8. The second-order valence-electron chi connectivity index (χ2n) is 14.7. The van der Waals surface area contributed by atoms with E-state index < -0.39 is 23.2 Å². The topological polar surface area (TPSA) is 0 Å². The van der Waals surface area contributed by atoms with E-state index in [9.17, 15) is 0 Å². The molecule has 232 valence electrons. The average Bonchev–Trinajstić information content (AvgIpc) is 3.45. The Labute approximate surface area is 299 Å². The van der Waals surface area contributed by atoms with Gasteiger partial charge in [0, 0.05) is 0 Å². The minimum Gasteiger partial charge on any atom is -1.00 e. The van der Waals surface area contributed by atoms with Gasteiger partial charge in [-0.3, -0.25) is 0 Å². The molecule has 0 nitrogen and oxygen atoms in total. The van der Waals surface area contributed by atoms with E-state index in [1.54, 1.807) is 22.3 Å². The summed E-state index contributed by atoms with van der Waals surface area (Å²) in [4.78, 5) is 0. The zero-order valence-corrected chi connectivity index (χ0v) is 30.8. The minimum absolute atomic E-state index is 0. The van der Waals surface area contributed by atoms with Crippen LogP contribution in [0.1, 0.15) is 89.6 Å². The van der Waals surface area contributed by atoms with Gasteiger partial charge in [-0.2, -0.15) is 0 Å². The smallest absolute Gasteiger partial charge is 1.00 e. The monoisotopic (exact) mass is 718 g/mol. The molecule has 2 aliphatic rings. The molecule has 46 heavy (non-hydrogen) atoms. The molecule has 0 aliphatic heterocycles. The molecule has 0 unspecified atom stereocenters. The van der Waals surface area contributed by atoms with Gasteiger partial charge in [-0.25, -0.2) is 0 Å². The maximum absolute atomic E-state index is 2.58. The molecule has 0 bridgehead atoms. The molecule has 0 amide bonds. The molecule has 0 fully saturated rings. The number of benzene rings is 6. The molecule has 0 radical (unpaired) electrons. The van der Waals surface area contributed by atoms with Gasteiger partial charge in [-0.05, 0) is 0 Å².